The molecular formula is C15H20N4O2. The minimum Gasteiger partial charge on any atom is -0.467 e. The van der Waals surface area contributed by atoms with Crippen molar-refractivity contribution in [3.8, 4) is 6.01 Å². The first-order valence-corrected chi connectivity index (χ1v) is 7.75. The van der Waals surface area contributed by atoms with E-state index in [2.05, 4.69) is 16.9 Å². The molecule has 0 amide bonds. The summed E-state index contributed by atoms with van der Waals surface area (Å²) in [4.78, 5) is 21.4. The summed E-state index contributed by atoms with van der Waals surface area (Å²) >= 11 is 0. The van der Waals surface area contributed by atoms with E-state index in [0.29, 0.717) is 23.6 Å². The summed E-state index contributed by atoms with van der Waals surface area (Å²) in [5.74, 6) is 2.31. The normalized spacial score (nSPS) is 24.5. The highest BCUT2D eigenvalue weighted by atomic mass is 16.5. The summed E-state index contributed by atoms with van der Waals surface area (Å²) in [5.41, 5.74) is 0.830. The van der Waals surface area contributed by atoms with Crippen LogP contribution in [0.5, 0.6) is 6.01 Å². The summed E-state index contributed by atoms with van der Waals surface area (Å²) in [6.45, 7) is 2.99. The predicted molar refractivity (Wildman–Crippen MR) is 77.7 cm³/mol. The van der Waals surface area contributed by atoms with Crippen molar-refractivity contribution in [2.45, 2.75) is 45.1 Å². The standard InChI is InChI=1S/C15H20N4O2/c1-3-9-6-11(9)8-18-15(21-2)17-14-16-12(10-4-5-10)7-13(20)19(14)18/h7,9-11H,3-6,8H2,1-2H3/t9-,11+/m1/s1. The molecule has 4 rings (SSSR count). The third kappa shape index (κ3) is 2.13. The zero-order chi connectivity index (χ0) is 14.6. The predicted octanol–water partition coefficient (Wildman–Crippen LogP) is 1.82. The molecular weight excluding hydrogens is 268 g/mol. The van der Waals surface area contributed by atoms with E-state index < -0.39 is 0 Å². The molecule has 0 aliphatic heterocycles. The summed E-state index contributed by atoms with van der Waals surface area (Å²) < 4.78 is 8.77. The van der Waals surface area contributed by atoms with E-state index in [-0.39, 0.29) is 5.56 Å². The monoisotopic (exact) mass is 288 g/mol. The van der Waals surface area contributed by atoms with Crippen molar-refractivity contribution >= 4 is 5.78 Å². The van der Waals surface area contributed by atoms with Gasteiger partial charge in [0.15, 0.2) is 0 Å². The molecule has 2 atom stereocenters. The Labute approximate surface area is 122 Å². The largest absolute Gasteiger partial charge is 0.467 e. The van der Waals surface area contributed by atoms with Gasteiger partial charge in [-0.25, -0.2) is 9.67 Å². The van der Waals surface area contributed by atoms with Crippen molar-refractivity contribution < 1.29 is 4.74 Å². The summed E-state index contributed by atoms with van der Waals surface area (Å²) in [6, 6.07) is 2.14. The Morgan fingerprint density at radius 2 is 2.14 bits per heavy atom. The lowest BCUT2D eigenvalue weighted by Crippen LogP contribution is -2.23. The lowest BCUT2D eigenvalue weighted by molar-refractivity contribution is 0.331. The SMILES string of the molecule is CC[C@@H]1C[C@H]1Cn1c(OC)nc2nc(C3CC3)cc(=O)n21. The quantitative estimate of drug-likeness (QED) is 0.842. The maximum Gasteiger partial charge on any atom is 0.315 e. The van der Waals surface area contributed by atoms with Crippen LogP contribution in [0.1, 0.15) is 44.2 Å². The molecule has 0 spiro atoms. The van der Waals surface area contributed by atoms with Crippen molar-refractivity contribution in [3.63, 3.8) is 0 Å². The second-order valence-electron chi connectivity index (χ2n) is 6.25. The fourth-order valence-corrected chi connectivity index (χ4v) is 3.16. The van der Waals surface area contributed by atoms with Gasteiger partial charge in [-0.15, -0.1) is 0 Å². The number of hydrogen-bond acceptors (Lipinski definition) is 4. The zero-order valence-electron chi connectivity index (χ0n) is 12.5. The minimum atomic E-state index is -0.0496. The van der Waals surface area contributed by atoms with Gasteiger partial charge in [-0.05, 0) is 31.1 Å². The van der Waals surface area contributed by atoms with Gasteiger partial charge in [-0.1, -0.05) is 13.3 Å². The molecule has 2 aliphatic rings. The molecule has 2 aromatic heterocycles. The number of ether oxygens (including phenoxy) is 1. The first-order valence-electron chi connectivity index (χ1n) is 7.75. The van der Waals surface area contributed by atoms with Crippen molar-refractivity contribution in [2.24, 2.45) is 11.8 Å². The maximum atomic E-state index is 12.4. The van der Waals surface area contributed by atoms with Gasteiger partial charge in [-0.3, -0.25) is 4.79 Å². The van der Waals surface area contributed by atoms with Crippen molar-refractivity contribution in [1.29, 1.82) is 0 Å². The average molecular weight is 288 g/mol. The average Bonchev–Trinajstić information content (AvgIpc) is 3.37. The lowest BCUT2D eigenvalue weighted by atomic mass is 10.2. The number of aromatic nitrogens is 4. The van der Waals surface area contributed by atoms with Crippen LogP contribution < -0.4 is 10.3 Å². The van der Waals surface area contributed by atoms with Gasteiger partial charge in [0.05, 0.1) is 12.8 Å². The molecule has 0 aromatic carbocycles. The fourth-order valence-electron chi connectivity index (χ4n) is 3.16. The summed E-state index contributed by atoms with van der Waals surface area (Å²) in [5, 5.41) is 0. The van der Waals surface area contributed by atoms with Gasteiger partial charge in [0, 0.05) is 18.5 Å². The smallest absolute Gasteiger partial charge is 0.315 e. The van der Waals surface area contributed by atoms with Crippen LogP contribution in [-0.4, -0.2) is 26.3 Å². The van der Waals surface area contributed by atoms with E-state index in [1.165, 1.54) is 12.8 Å². The number of fused-ring (bicyclic) bond motifs is 1. The molecule has 0 radical (unpaired) electrons. The van der Waals surface area contributed by atoms with Crippen LogP contribution in [0.2, 0.25) is 0 Å². The highest BCUT2D eigenvalue weighted by Crippen LogP contribution is 2.42. The van der Waals surface area contributed by atoms with Gasteiger partial charge < -0.3 is 4.74 Å². The van der Waals surface area contributed by atoms with Gasteiger partial charge in [0.2, 0.25) is 0 Å². The van der Waals surface area contributed by atoms with E-state index in [4.69, 9.17) is 4.74 Å². The van der Waals surface area contributed by atoms with Gasteiger partial charge >= 0.3 is 6.01 Å². The number of nitrogens with zero attached hydrogens (tertiary/aromatic N) is 4. The third-order valence-electron chi connectivity index (χ3n) is 4.74. The first kappa shape index (κ1) is 12.9. The highest BCUT2D eigenvalue weighted by molar-refractivity contribution is 5.32. The van der Waals surface area contributed by atoms with Crippen LogP contribution in [-0.2, 0) is 6.54 Å². The molecule has 0 saturated heterocycles. The first-order chi connectivity index (χ1) is 10.2. The van der Waals surface area contributed by atoms with Gasteiger partial charge in [0.1, 0.15) is 0 Å². The third-order valence-corrected chi connectivity index (χ3v) is 4.74. The molecule has 2 aromatic rings. The number of methoxy groups -OCH3 is 1. The Balaban J connectivity index is 1.78. The van der Waals surface area contributed by atoms with Crippen LogP contribution in [0.4, 0.5) is 0 Å². The van der Waals surface area contributed by atoms with Crippen molar-refractivity contribution in [1.82, 2.24) is 19.2 Å². The second-order valence-corrected chi connectivity index (χ2v) is 6.25. The second kappa shape index (κ2) is 4.58. The molecule has 2 saturated carbocycles. The van der Waals surface area contributed by atoms with E-state index >= 15 is 0 Å². The Bertz CT molecular complexity index is 744. The molecule has 21 heavy (non-hydrogen) atoms. The molecule has 2 aliphatic carbocycles. The zero-order valence-corrected chi connectivity index (χ0v) is 12.5. The summed E-state index contributed by atoms with van der Waals surface area (Å²) in [7, 11) is 1.59. The van der Waals surface area contributed by atoms with E-state index in [1.54, 1.807) is 17.7 Å². The Hall–Kier alpha value is -1.85. The maximum absolute atomic E-state index is 12.4. The van der Waals surface area contributed by atoms with Crippen molar-refractivity contribution in [2.75, 3.05) is 7.11 Å². The lowest BCUT2D eigenvalue weighted by Gasteiger charge is -2.07. The van der Waals surface area contributed by atoms with Crippen LogP contribution >= 0.6 is 0 Å². The Morgan fingerprint density at radius 3 is 2.76 bits per heavy atom. The molecule has 6 nitrogen and oxygen atoms in total. The van der Waals surface area contributed by atoms with Gasteiger partial charge in [-0.2, -0.15) is 9.50 Å². The number of rotatable bonds is 5. The number of hydrogen-bond donors (Lipinski definition) is 0. The van der Waals surface area contributed by atoms with Crippen LogP contribution in [0, 0.1) is 11.8 Å². The molecule has 0 N–H and O–H groups in total. The van der Waals surface area contributed by atoms with Crippen LogP contribution in [0.3, 0.4) is 0 Å². The van der Waals surface area contributed by atoms with E-state index in [1.807, 2.05) is 4.68 Å². The van der Waals surface area contributed by atoms with Crippen LogP contribution in [0.25, 0.3) is 5.78 Å². The van der Waals surface area contributed by atoms with E-state index in [0.717, 1.165) is 31.0 Å². The van der Waals surface area contributed by atoms with Gasteiger partial charge in [0.25, 0.3) is 11.3 Å². The van der Waals surface area contributed by atoms with E-state index in [9.17, 15) is 4.79 Å². The topological polar surface area (TPSA) is 61.4 Å². The Morgan fingerprint density at radius 1 is 1.33 bits per heavy atom. The van der Waals surface area contributed by atoms with Crippen LogP contribution in [0.15, 0.2) is 10.9 Å². The molecule has 2 fully saturated rings. The molecule has 6 heteroatoms. The highest BCUT2D eigenvalue weighted by Gasteiger charge is 2.37. The minimum absolute atomic E-state index is 0.0496. The van der Waals surface area contributed by atoms with Crippen molar-refractivity contribution in [3.05, 3.63) is 22.1 Å². The molecule has 2 heterocycles. The molecule has 0 unspecified atom stereocenters. The Kier molecular flexibility index (Phi) is 2.80. The molecule has 112 valence electrons. The summed E-state index contributed by atoms with van der Waals surface area (Å²) in [6.07, 6.45) is 4.67. The molecule has 0 bridgehead atoms. The fraction of sp³-hybridized carbons (Fsp3) is 0.667.